The molecule has 1 aliphatic heterocycles. The summed E-state index contributed by atoms with van der Waals surface area (Å²) in [6.45, 7) is 5.98. The minimum absolute atomic E-state index is 0.104. The first-order valence-corrected chi connectivity index (χ1v) is 6.95. The fraction of sp³-hybridized carbons (Fsp3) is 0.786. The van der Waals surface area contributed by atoms with Gasteiger partial charge in [-0.05, 0) is 25.3 Å². The van der Waals surface area contributed by atoms with Gasteiger partial charge in [0.15, 0.2) is 0 Å². The van der Waals surface area contributed by atoms with E-state index in [9.17, 15) is 5.11 Å². The van der Waals surface area contributed by atoms with Crippen molar-refractivity contribution in [3.05, 3.63) is 18.0 Å². The maximum atomic E-state index is 9.57. The van der Waals surface area contributed by atoms with E-state index in [1.54, 1.807) is 0 Å². The average molecular weight is 252 g/mol. The van der Waals surface area contributed by atoms with Gasteiger partial charge in [0.25, 0.3) is 0 Å². The number of aromatic nitrogens is 2. The second kappa shape index (κ2) is 5.85. The van der Waals surface area contributed by atoms with E-state index in [-0.39, 0.29) is 12.0 Å². The lowest BCUT2D eigenvalue weighted by Gasteiger charge is -2.23. The predicted octanol–water partition coefficient (Wildman–Crippen LogP) is 2.19. The first-order chi connectivity index (χ1) is 8.73. The van der Waals surface area contributed by atoms with Crippen molar-refractivity contribution in [1.29, 1.82) is 0 Å². The van der Waals surface area contributed by atoms with E-state index in [2.05, 4.69) is 35.9 Å². The van der Waals surface area contributed by atoms with Crippen LogP contribution in [-0.4, -0.2) is 34.7 Å². The normalized spacial score (nSPS) is 24.0. The minimum Gasteiger partial charge on any atom is -0.396 e. The molecule has 4 nitrogen and oxygen atoms in total. The van der Waals surface area contributed by atoms with Crippen molar-refractivity contribution >= 4 is 0 Å². The molecule has 0 bridgehead atoms. The van der Waals surface area contributed by atoms with Gasteiger partial charge in [-0.25, -0.2) is 0 Å². The number of ether oxygens (including phenoxy) is 1. The Kier molecular flexibility index (Phi) is 4.40. The van der Waals surface area contributed by atoms with Crippen LogP contribution in [0.2, 0.25) is 0 Å². The van der Waals surface area contributed by atoms with Crippen LogP contribution in [0.5, 0.6) is 0 Å². The molecule has 18 heavy (non-hydrogen) atoms. The Morgan fingerprint density at radius 3 is 2.83 bits per heavy atom. The number of hydrogen-bond donors (Lipinski definition) is 1. The van der Waals surface area contributed by atoms with Crippen molar-refractivity contribution < 1.29 is 9.84 Å². The van der Waals surface area contributed by atoms with Crippen molar-refractivity contribution in [3.8, 4) is 0 Å². The molecule has 0 aromatic carbocycles. The van der Waals surface area contributed by atoms with Gasteiger partial charge < -0.3 is 9.84 Å². The van der Waals surface area contributed by atoms with Crippen LogP contribution in [0.25, 0.3) is 0 Å². The number of rotatable bonds is 6. The summed E-state index contributed by atoms with van der Waals surface area (Å²) >= 11 is 0. The van der Waals surface area contributed by atoms with E-state index >= 15 is 0 Å². The summed E-state index contributed by atoms with van der Waals surface area (Å²) in [6.07, 6.45) is 6.02. The fourth-order valence-electron chi connectivity index (χ4n) is 2.69. The monoisotopic (exact) mass is 252 g/mol. The van der Waals surface area contributed by atoms with E-state index < -0.39 is 0 Å². The van der Waals surface area contributed by atoms with Crippen LogP contribution in [0.1, 0.15) is 44.8 Å². The first kappa shape index (κ1) is 13.6. The molecule has 2 rings (SSSR count). The summed E-state index contributed by atoms with van der Waals surface area (Å²) in [4.78, 5) is 0. The Balaban J connectivity index is 2.06. The second-order valence-corrected chi connectivity index (χ2v) is 5.39. The Morgan fingerprint density at radius 2 is 2.28 bits per heavy atom. The number of aliphatic hydroxyl groups is 1. The molecule has 0 spiro atoms. The lowest BCUT2D eigenvalue weighted by atomic mass is 9.83. The van der Waals surface area contributed by atoms with E-state index in [0.29, 0.717) is 12.6 Å². The van der Waals surface area contributed by atoms with Crippen LogP contribution in [-0.2, 0) is 11.2 Å². The average Bonchev–Trinajstić information content (AvgIpc) is 3.02. The highest BCUT2D eigenvalue weighted by molar-refractivity contribution is 5.05. The first-order valence-electron chi connectivity index (χ1n) is 6.95. The van der Waals surface area contributed by atoms with Gasteiger partial charge in [-0.15, -0.1) is 0 Å². The van der Waals surface area contributed by atoms with Gasteiger partial charge in [-0.2, -0.15) is 5.10 Å². The highest BCUT2D eigenvalue weighted by atomic mass is 16.5. The molecule has 102 valence electrons. The molecular formula is C14H24N2O2. The van der Waals surface area contributed by atoms with Crippen molar-refractivity contribution in [2.75, 3.05) is 19.8 Å². The third-order valence-electron chi connectivity index (χ3n) is 4.06. The van der Waals surface area contributed by atoms with Crippen LogP contribution < -0.4 is 0 Å². The summed E-state index contributed by atoms with van der Waals surface area (Å²) in [5.74, 6) is 0. The lowest BCUT2D eigenvalue weighted by molar-refractivity contribution is 0.0926. The molecule has 1 aromatic rings. The quantitative estimate of drug-likeness (QED) is 0.844. The molecule has 0 amide bonds. The molecule has 1 saturated heterocycles. The maximum absolute atomic E-state index is 9.57. The van der Waals surface area contributed by atoms with Crippen LogP contribution in [0.15, 0.2) is 12.3 Å². The van der Waals surface area contributed by atoms with E-state index in [1.807, 2.05) is 0 Å². The molecular weight excluding hydrogens is 228 g/mol. The maximum Gasteiger partial charge on any atom is 0.0632 e. The smallest absolute Gasteiger partial charge is 0.0632 e. The molecule has 1 fully saturated rings. The van der Waals surface area contributed by atoms with Crippen molar-refractivity contribution in [2.24, 2.45) is 5.41 Å². The highest BCUT2D eigenvalue weighted by Gasteiger charge is 2.35. The standard InChI is InChI=1S/C14H24N2O2/c1-3-13(4-2)16-7-5-12(15-16)9-14(10-17)6-8-18-11-14/h5,7,13,17H,3-4,6,8-11H2,1-2H3. The third-order valence-corrected chi connectivity index (χ3v) is 4.06. The summed E-state index contributed by atoms with van der Waals surface area (Å²) in [5, 5.41) is 14.2. The van der Waals surface area contributed by atoms with Gasteiger partial charge in [0.1, 0.15) is 0 Å². The van der Waals surface area contributed by atoms with E-state index in [1.165, 1.54) is 0 Å². The second-order valence-electron chi connectivity index (χ2n) is 5.39. The molecule has 1 N–H and O–H groups in total. The lowest BCUT2D eigenvalue weighted by Crippen LogP contribution is -2.28. The molecule has 2 heterocycles. The van der Waals surface area contributed by atoms with Crippen LogP contribution in [0, 0.1) is 5.41 Å². The molecule has 0 radical (unpaired) electrons. The summed E-state index contributed by atoms with van der Waals surface area (Å²) in [6, 6.07) is 2.57. The van der Waals surface area contributed by atoms with Gasteiger partial charge in [0.05, 0.1) is 24.9 Å². The van der Waals surface area contributed by atoms with Crippen molar-refractivity contribution in [3.63, 3.8) is 0 Å². The fourth-order valence-corrected chi connectivity index (χ4v) is 2.69. The number of hydrogen-bond acceptors (Lipinski definition) is 3. The van der Waals surface area contributed by atoms with Gasteiger partial charge in [0.2, 0.25) is 0 Å². The van der Waals surface area contributed by atoms with Gasteiger partial charge in [0, 0.05) is 24.6 Å². The van der Waals surface area contributed by atoms with Gasteiger partial charge in [-0.1, -0.05) is 13.8 Å². The molecule has 1 atom stereocenters. The number of nitrogens with zero attached hydrogens (tertiary/aromatic N) is 2. The summed E-state index contributed by atoms with van der Waals surface area (Å²) in [5.41, 5.74) is 0.967. The Bertz CT molecular complexity index is 366. The SMILES string of the molecule is CCC(CC)n1ccc(CC2(CO)CCOC2)n1. The molecule has 4 heteroatoms. The predicted molar refractivity (Wildman–Crippen MR) is 70.5 cm³/mol. The Labute approximate surface area is 109 Å². The zero-order valence-corrected chi connectivity index (χ0v) is 11.4. The summed E-state index contributed by atoms with van der Waals surface area (Å²) < 4.78 is 7.49. The molecule has 1 aliphatic rings. The molecule has 0 saturated carbocycles. The highest BCUT2D eigenvalue weighted by Crippen LogP contribution is 2.31. The Hall–Kier alpha value is -0.870. The van der Waals surface area contributed by atoms with Crippen LogP contribution in [0.3, 0.4) is 0 Å². The van der Waals surface area contributed by atoms with Crippen LogP contribution in [0.4, 0.5) is 0 Å². The summed E-state index contributed by atoms with van der Waals surface area (Å²) in [7, 11) is 0. The zero-order valence-electron chi connectivity index (χ0n) is 11.4. The molecule has 1 unspecified atom stereocenters. The van der Waals surface area contributed by atoms with Gasteiger partial charge in [-0.3, -0.25) is 4.68 Å². The van der Waals surface area contributed by atoms with E-state index in [4.69, 9.17) is 4.74 Å². The zero-order chi connectivity index (χ0) is 13.0. The topological polar surface area (TPSA) is 47.3 Å². The number of aliphatic hydroxyl groups excluding tert-OH is 1. The largest absolute Gasteiger partial charge is 0.396 e. The van der Waals surface area contributed by atoms with Crippen molar-refractivity contribution in [1.82, 2.24) is 9.78 Å². The minimum atomic E-state index is -0.104. The Morgan fingerprint density at radius 1 is 1.50 bits per heavy atom. The van der Waals surface area contributed by atoms with Crippen LogP contribution >= 0.6 is 0 Å². The van der Waals surface area contributed by atoms with E-state index in [0.717, 1.165) is 38.0 Å². The molecule has 0 aliphatic carbocycles. The third kappa shape index (κ3) is 2.75. The van der Waals surface area contributed by atoms with Crippen molar-refractivity contribution in [2.45, 2.75) is 45.6 Å². The van der Waals surface area contributed by atoms with Gasteiger partial charge >= 0.3 is 0 Å². The molecule has 1 aromatic heterocycles.